The van der Waals surface area contributed by atoms with Gasteiger partial charge in [0.2, 0.25) is 0 Å². The molecule has 0 bridgehead atoms. The molecule has 0 aromatic heterocycles. The van der Waals surface area contributed by atoms with Gasteiger partial charge in [-0.05, 0) is 24.1 Å². The molecule has 0 amide bonds. The van der Waals surface area contributed by atoms with Gasteiger partial charge in [-0.15, -0.1) is 0 Å². The summed E-state index contributed by atoms with van der Waals surface area (Å²) >= 11 is 0. The van der Waals surface area contributed by atoms with E-state index in [4.69, 9.17) is 16.2 Å². The van der Waals surface area contributed by atoms with Gasteiger partial charge in [0.25, 0.3) is 0 Å². The summed E-state index contributed by atoms with van der Waals surface area (Å²) in [6, 6.07) is 5.65. The monoisotopic (exact) mass is 180 g/mol. The Bertz CT molecular complexity index is 266. The van der Waals surface area contributed by atoms with Gasteiger partial charge in [0.15, 0.2) is 0 Å². The Hall–Kier alpha value is -1.06. The maximum Gasteiger partial charge on any atom is 0.0656 e. The van der Waals surface area contributed by atoms with Crippen molar-refractivity contribution in [3.63, 3.8) is 0 Å². The van der Waals surface area contributed by atoms with Crippen LogP contribution in [0, 0.1) is 6.92 Å². The number of aryl methyl sites for hydroxylation is 1. The van der Waals surface area contributed by atoms with Crippen molar-refractivity contribution in [3.05, 3.63) is 29.3 Å². The molecule has 0 fully saturated rings. The predicted molar refractivity (Wildman–Crippen MR) is 54.4 cm³/mol. The lowest BCUT2D eigenvalue weighted by molar-refractivity contribution is 0.181. The number of anilines is 1. The van der Waals surface area contributed by atoms with Gasteiger partial charge in [-0.2, -0.15) is 0 Å². The Morgan fingerprint density at radius 3 is 2.69 bits per heavy atom. The van der Waals surface area contributed by atoms with E-state index < -0.39 is 0 Å². The summed E-state index contributed by atoms with van der Waals surface area (Å²) < 4.78 is 4.99. The fourth-order valence-corrected chi connectivity index (χ4v) is 1.47. The molecule has 13 heavy (non-hydrogen) atoms. The zero-order valence-corrected chi connectivity index (χ0v) is 8.08. The van der Waals surface area contributed by atoms with Crippen molar-refractivity contribution < 1.29 is 4.74 Å². The molecule has 0 radical (unpaired) electrons. The molecule has 0 saturated carbocycles. The molecule has 0 heterocycles. The van der Waals surface area contributed by atoms with E-state index in [1.807, 2.05) is 25.1 Å². The third kappa shape index (κ3) is 2.20. The van der Waals surface area contributed by atoms with Crippen LogP contribution >= 0.6 is 0 Å². The van der Waals surface area contributed by atoms with E-state index in [0.717, 1.165) is 16.8 Å². The Morgan fingerprint density at radius 2 is 2.15 bits per heavy atom. The van der Waals surface area contributed by atoms with Crippen molar-refractivity contribution >= 4 is 5.69 Å². The van der Waals surface area contributed by atoms with Crippen molar-refractivity contribution in [2.45, 2.75) is 13.0 Å². The molecule has 0 aliphatic carbocycles. The van der Waals surface area contributed by atoms with Crippen LogP contribution in [-0.4, -0.2) is 13.7 Å². The third-order valence-corrected chi connectivity index (χ3v) is 2.07. The molecule has 0 aliphatic rings. The van der Waals surface area contributed by atoms with Gasteiger partial charge >= 0.3 is 0 Å². The summed E-state index contributed by atoms with van der Waals surface area (Å²) in [4.78, 5) is 0. The molecular formula is C10H16N2O. The molecule has 3 heteroatoms. The van der Waals surface area contributed by atoms with Gasteiger partial charge in [0.1, 0.15) is 0 Å². The highest BCUT2D eigenvalue weighted by molar-refractivity contribution is 5.52. The van der Waals surface area contributed by atoms with Crippen LogP contribution in [0.4, 0.5) is 5.69 Å². The van der Waals surface area contributed by atoms with E-state index in [0.29, 0.717) is 6.61 Å². The predicted octanol–water partition coefficient (Wildman–Crippen LogP) is 1.22. The van der Waals surface area contributed by atoms with E-state index in [2.05, 4.69) is 0 Å². The highest BCUT2D eigenvalue weighted by Gasteiger charge is 2.11. The normalized spacial score (nSPS) is 12.8. The molecule has 0 aliphatic heterocycles. The third-order valence-electron chi connectivity index (χ3n) is 2.07. The molecule has 0 unspecified atom stereocenters. The number of rotatable bonds is 3. The van der Waals surface area contributed by atoms with Gasteiger partial charge in [0, 0.05) is 12.8 Å². The molecule has 1 aromatic rings. The van der Waals surface area contributed by atoms with Gasteiger partial charge in [-0.1, -0.05) is 12.1 Å². The van der Waals surface area contributed by atoms with Crippen LogP contribution in [0.15, 0.2) is 18.2 Å². The summed E-state index contributed by atoms with van der Waals surface area (Å²) in [5.41, 5.74) is 14.6. The maximum absolute atomic E-state index is 5.90. The second-order valence-corrected chi connectivity index (χ2v) is 3.14. The molecule has 4 N–H and O–H groups in total. The zero-order valence-electron chi connectivity index (χ0n) is 8.08. The number of ether oxygens (including phenoxy) is 1. The van der Waals surface area contributed by atoms with E-state index in [1.165, 1.54) is 0 Å². The summed E-state index contributed by atoms with van der Waals surface area (Å²) in [7, 11) is 1.63. The van der Waals surface area contributed by atoms with Crippen molar-refractivity contribution in [3.8, 4) is 0 Å². The Kier molecular flexibility index (Phi) is 3.28. The van der Waals surface area contributed by atoms with Gasteiger partial charge in [-0.25, -0.2) is 0 Å². The van der Waals surface area contributed by atoms with E-state index >= 15 is 0 Å². The average Bonchev–Trinajstić information content (AvgIpc) is 2.04. The first kappa shape index (κ1) is 10.0. The molecule has 1 atom stereocenters. The second kappa shape index (κ2) is 4.25. The summed E-state index contributed by atoms with van der Waals surface area (Å²) in [6.45, 7) is 2.50. The largest absolute Gasteiger partial charge is 0.398 e. The lowest BCUT2D eigenvalue weighted by atomic mass is 10.0. The van der Waals surface area contributed by atoms with Crippen molar-refractivity contribution in [1.82, 2.24) is 0 Å². The lowest BCUT2D eigenvalue weighted by Gasteiger charge is -2.15. The minimum Gasteiger partial charge on any atom is -0.398 e. The van der Waals surface area contributed by atoms with Crippen LogP contribution in [0.3, 0.4) is 0 Å². The zero-order chi connectivity index (χ0) is 9.84. The molecular weight excluding hydrogens is 164 g/mol. The van der Waals surface area contributed by atoms with Crippen LogP contribution in [0.2, 0.25) is 0 Å². The van der Waals surface area contributed by atoms with Crippen molar-refractivity contribution in [2.75, 3.05) is 19.5 Å². The van der Waals surface area contributed by atoms with Gasteiger partial charge < -0.3 is 16.2 Å². The first-order valence-corrected chi connectivity index (χ1v) is 4.26. The SMILES string of the molecule is COC[C@@H](N)c1c(C)cccc1N. The number of benzene rings is 1. The topological polar surface area (TPSA) is 61.3 Å². The summed E-state index contributed by atoms with van der Waals surface area (Å²) in [5.74, 6) is 0. The summed E-state index contributed by atoms with van der Waals surface area (Å²) in [5, 5.41) is 0. The molecule has 0 saturated heterocycles. The highest BCUT2D eigenvalue weighted by Crippen LogP contribution is 2.22. The summed E-state index contributed by atoms with van der Waals surface area (Å²) in [6.07, 6.45) is 0. The standard InChI is InChI=1S/C10H16N2O/c1-7-4-3-5-8(11)10(7)9(12)6-13-2/h3-5,9H,6,11-12H2,1-2H3/t9-/m1/s1. The number of methoxy groups -OCH3 is 1. The Balaban J connectivity index is 2.98. The highest BCUT2D eigenvalue weighted by atomic mass is 16.5. The molecule has 0 spiro atoms. The van der Waals surface area contributed by atoms with Crippen molar-refractivity contribution in [1.29, 1.82) is 0 Å². The van der Waals surface area contributed by atoms with Gasteiger partial charge in [0.05, 0.1) is 12.6 Å². The fourth-order valence-electron chi connectivity index (χ4n) is 1.47. The first-order valence-electron chi connectivity index (χ1n) is 4.26. The first-order chi connectivity index (χ1) is 6.16. The van der Waals surface area contributed by atoms with Crippen LogP contribution in [-0.2, 0) is 4.74 Å². The minimum atomic E-state index is -0.133. The number of hydrogen-bond donors (Lipinski definition) is 2. The van der Waals surface area contributed by atoms with Crippen LogP contribution in [0.5, 0.6) is 0 Å². The maximum atomic E-state index is 5.90. The van der Waals surface area contributed by atoms with Crippen LogP contribution in [0.25, 0.3) is 0 Å². The van der Waals surface area contributed by atoms with E-state index in [1.54, 1.807) is 7.11 Å². The van der Waals surface area contributed by atoms with E-state index in [9.17, 15) is 0 Å². The lowest BCUT2D eigenvalue weighted by Crippen LogP contribution is -2.18. The minimum absolute atomic E-state index is 0.133. The van der Waals surface area contributed by atoms with Crippen LogP contribution in [0.1, 0.15) is 17.2 Å². The average molecular weight is 180 g/mol. The van der Waals surface area contributed by atoms with Crippen molar-refractivity contribution in [2.24, 2.45) is 5.73 Å². The second-order valence-electron chi connectivity index (χ2n) is 3.14. The molecule has 3 nitrogen and oxygen atoms in total. The fraction of sp³-hybridized carbons (Fsp3) is 0.400. The van der Waals surface area contributed by atoms with Crippen LogP contribution < -0.4 is 11.5 Å². The number of nitrogen functional groups attached to an aromatic ring is 1. The smallest absolute Gasteiger partial charge is 0.0656 e. The van der Waals surface area contributed by atoms with E-state index in [-0.39, 0.29) is 6.04 Å². The Morgan fingerprint density at radius 1 is 1.46 bits per heavy atom. The number of hydrogen-bond acceptors (Lipinski definition) is 3. The molecule has 1 aromatic carbocycles. The van der Waals surface area contributed by atoms with Gasteiger partial charge in [-0.3, -0.25) is 0 Å². The Labute approximate surface area is 78.7 Å². The molecule has 1 rings (SSSR count). The number of nitrogens with two attached hydrogens (primary N) is 2. The quantitative estimate of drug-likeness (QED) is 0.687. The molecule has 72 valence electrons.